The van der Waals surface area contributed by atoms with E-state index in [4.69, 9.17) is 0 Å². The molecule has 1 atom stereocenters. The predicted molar refractivity (Wildman–Crippen MR) is 89.8 cm³/mol. The van der Waals surface area contributed by atoms with Gasteiger partial charge in [-0.05, 0) is 29.9 Å². The molecule has 2 rings (SSSR count). The van der Waals surface area contributed by atoms with Crippen molar-refractivity contribution in [1.29, 1.82) is 0 Å². The fourth-order valence-corrected chi connectivity index (χ4v) is 3.08. The Kier molecular flexibility index (Phi) is 5.88. The summed E-state index contributed by atoms with van der Waals surface area (Å²) in [5.41, 5.74) is 1.91. The molecule has 0 aliphatic carbocycles. The lowest BCUT2D eigenvalue weighted by molar-refractivity contribution is 0.0932. The van der Waals surface area contributed by atoms with Crippen LogP contribution < -0.4 is 5.32 Å². The van der Waals surface area contributed by atoms with E-state index in [1.165, 1.54) is 0 Å². The van der Waals surface area contributed by atoms with E-state index in [9.17, 15) is 4.79 Å². The van der Waals surface area contributed by atoms with Crippen LogP contribution in [0.4, 0.5) is 0 Å². The van der Waals surface area contributed by atoms with Gasteiger partial charge in [0.2, 0.25) is 0 Å². The molecule has 0 fully saturated rings. The number of amides is 1. The number of nitrogens with one attached hydrogen (secondary N) is 1. The molecule has 0 aromatic heterocycles. The molecule has 21 heavy (non-hydrogen) atoms. The number of hydrogen-bond donors (Lipinski definition) is 1. The van der Waals surface area contributed by atoms with E-state index in [1.54, 1.807) is 11.8 Å². The van der Waals surface area contributed by atoms with E-state index in [0.717, 1.165) is 28.2 Å². The maximum atomic E-state index is 12.6. The van der Waals surface area contributed by atoms with Gasteiger partial charge in [0.25, 0.3) is 5.91 Å². The maximum absolute atomic E-state index is 12.6. The first-order valence-corrected chi connectivity index (χ1v) is 8.32. The lowest BCUT2D eigenvalue weighted by Crippen LogP contribution is -2.28. The molecule has 1 unspecified atom stereocenters. The maximum Gasteiger partial charge on any atom is 0.252 e. The Morgan fingerprint density at radius 1 is 1.05 bits per heavy atom. The van der Waals surface area contributed by atoms with Crippen molar-refractivity contribution in [1.82, 2.24) is 5.32 Å². The highest BCUT2D eigenvalue weighted by atomic mass is 32.2. The Bertz CT molecular complexity index is 583. The van der Waals surface area contributed by atoms with Crippen molar-refractivity contribution in [3.8, 4) is 0 Å². The zero-order valence-electron chi connectivity index (χ0n) is 12.5. The van der Waals surface area contributed by atoms with Crippen LogP contribution in [0.3, 0.4) is 0 Å². The van der Waals surface area contributed by atoms with Crippen molar-refractivity contribution in [3.63, 3.8) is 0 Å². The molecule has 0 radical (unpaired) electrons. The molecule has 1 amide bonds. The van der Waals surface area contributed by atoms with Crippen LogP contribution >= 0.6 is 11.8 Å². The summed E-state index contributed by atoms with van der Waals surface area (Å²) in [5.74, 6) is 0.961. The van der Waals surface area contributed by atoms with E-state index < -0.39 is 0 Å². The minimum Gasteiger partial charge on any atom is -0.345 e. The Morgan fingerprint density at radius 3 is 2.38 bits per heavy atom. The zero-order chi connectivity index (χ0) is 15.1. The predicted octanol–water partition coefficient (Wildman–Crippen LogP) is 4.68. The van der Waals surface area contributed by atoms with Gasteiger partial charge in [0.05, 0.1) is 11.6 Å². The van der Waals surface area contributed by atoms with Gasteiger partial charge in [-0.25, -0.2) is 0 Å². The second-order valence-electron chi connectivity index (χ2n) is 4.77. The van der Waals surface area contributed by atoms with Crippen LogP contribution in [-0.4, -0.2) is 11.7 Å². The minimum atomic E-state index is 0.00209. The van der Waals surface area contributed by atoms with Crippen molar-refractivity contribution in [2.75, 3.05) is 5.75 Å². The first-order chi connectivity index (χ1) is 10.3. The fourth-order valence-electron chi connectivity index (χ4n) is 2.28. The number of rotatable bonds is 6. The van der Waals surface area contributed by atoms with Gasteiger partial charge in [0.15, 0.2) is 0 Å². The quantitative estimate of drug-likeness (QED) is 0.785. The van der Waals surface area contributed by atoms with Crippen LogP contribution in [0.15, 0.2) is 59.5 Å². The molecule has 0 heterocycles. The SMILES string of the molecule is CCSc1ccccc1C(=O)NC(CC)c1ccccc1. The third-order valence-corrected chi connectivity index (χ3v) is 4.30. The van der Waals surface area contributed by atoms with Gasteiger partial charge in [-0.2, -0.15) is 0 Å². The van der Waals surface area contributed by atoms with Crippen LogP contribution in [0.1, 0.15) is 42.2 Å². The molecule has 0 aliphatic rings. The Balaban J connectivity index is 2.17. The number of carbonyl (C=O) groups is 1. The van der Waals surface area contributed by atoms with Gasteiger partial charge in [0, 0.05) is 4.90 Å². The molecule has 0 bridgehead atoms. The largest absolute Gasteiger partial charge is 0.345 e. The van der Waals surface area contributed by atoms with Crippen molar-refractivity contribution < 1.29 is 4.79 Å². The molecule has 2 aromatic carbocycles. The first kappa shape index (κ1) is 15.6. The molecule has 2 nitrogen and oxygen atoms in total. The van der Waals surface area contributed by atoms with Crippen molar-refractivity contribution in [2.45, 2.75) is 31.2 Å². The zero-order valence-corrected chi connectivity index (χ0v) is 13.3. The molecular formula is C18H21NOS. The van der Waals surface area contributed by atoms with E-state index in [0.29, 0.717) is 0 Å². The average molecular weight is 299 g/mol. The minimum absolute atomic E-state index is 0.00209. The molecule has 2 aromatic rings. The van der Waals surface area contributed by atoms with Crippen LogP contribution in [0, 0.1) is 0 Å². The Labute approximate surface area is 131 Å². The molecule has 0 aliphatic heterocycles. The number of thioether (sulfide) groups is 1. The number of carbonyl (C=O) groups excluding carboxylic acids is 1. The van der Waals surface area contributed by atoms with E-state index >= 15 is 0 Å². The van der Waals surface area contributed by atoms with Gasteiger partial charge in [-0.15, -0.1) is 11.8 Å². The molecular weight excluding hydrogens is 278 g/mol. The van der Waals surface area contributed by atoms with E-state index in [2.05, 4.69) is 31.3 Å². The number of benzene rings is 2. The average Bonchev–Trinajstić information content (AvgIpc) is 2.54. The molecule has 1 N–H and O–H groups in total. The topological polar surface area (TPSA) is 29.1 Å². The van der Waals surface area contributed by atoms with Gasteiger partial charge in [-0.3, -0.25) is 4.79 Å². The van der Waals surface area contributed by atoms with Crippen molar-refractivity contribution in [3.05, 3.63) is 65.7 Å². The molecule has 110 valence electrons. The van der Waals surface area contributed by atoms with Crippen LogP contribution in [0.2, 0.25) is 0 Å². The first-order valence-electron chi connectivity index (χ1n) is 7.33. The summed E-state index contributed by atoms with van der Waals surface area (Å²) >= 11 is 1.70. The van der Waals surface area contributed by atoms with Gasteiger partial charge < -0.3 is 5.32 Å². The lowest BCUT2D eigenvalue weighted by atomic mass is 10.0. The lowest BCUT2D eigenvalue weighted by Gasteiger charge is -2.18. The Morgan fingerprint density at radius 2 is 1.71 bits per heavy atom. The van der Waals surface area contributed by atoms with Gasteiger partial charge in [-0.1, -0.05) is 56.3 Å². The monoisotopic (exact) mass is 299 g/mol. The summed E-state index contributed by atoms with van der Waals surface area (Å²) in [4.78, 5) is 13.6. The molecule has 0 saturated heterocycles. The molecule has 3 heteroatoms. The highest BCUT2D eigenvalue weighted by molar-refractivity contribution is 7.99. The summed E-state index contributed by atoms with van der Waals surface area (Å²) in [6, 6.07) is 18.0. The third kappa shape index (κ3) is 4.11. The summed E-state index contributed by atoms with van der Waals surface area (Å²) in [6.45, 7) is 4.18. The van der Waals surface area contributed by atoms with Gasteiger partial charge in [0.1, 0.15) is 0 Å². The Hall–Kier alpha value is -1.74. The smallest absolute Gasteiger partial charge is 0.252 e. The molecule has 0 spiro atoms. The second kappa shape index (κ2) is 7.89. The van der Waals surface area contributed by atoms with Crippen LogP contribution in [0.5, 0.6) is 0 Å². The fraction of sp³-hybridized carbons (Fsp3) is 0.278. The highest BCUT2D eigenvalue weighted by Gasteiger charge is 2.16. The summed E-state index contributed by atoms with van der Waals surface area (Å²) in [6.07, 6.45) is 0.874. The number of hydrogen-bond acceptors (Lipinski definition) is 2. The summed E-state index contributed by atoms with van der Waals surface area (Å²) in [5, 5.41) is 3.15. The standard InChI is InChI=1S/C18H21NOS/c1-3-16(14-10-6-5-7-11-14)19-18(20)15-12-8-9-13-17(15)21-4-2/h5-13,16H,3-4H2,1-2H3,(H,19,20). The van der Waals surface area contributed by atoms with Crippen LogP contribution in [-0.2, 0) is 0 Å². The van der Waals surface area contributed by atoms with E-state index in [-0.39, 0.29) is 11.9 Å². The summed E-state index contributed by atoms with van der Waals surface area (Å²) in [7, 11) is 0. The normalized spacial score (nSPS) is 11.9. The highest BCUT2D eigenvalue weighted by Crippen LogP contribution is 2.23. The summed E-state index contributed by atoms with van der Waals surface area (Å²) < 4.78 is 0. The molecule has 0 saturated carbocycles. The van der Waals surface area contributed by atoms with Crippen LogP contribution in [0.25, 0.3) is 0 Å². The van der Waals surface area contributed by atoms with Gasteiger partial charge >= 0.3 is 0 Å². The second-order valence-corrected chi connectivity index (χ2v) is 6.08. The van der Waals surface area contributed by atoms with Crippen molar-refractivity contribution >= 4 is 17.7 Å². The van der Waals surface area contributed by atoms with Crippen molar-refractivity contribution in [2.24, 2.45) is 0 Å². The van der Waals surface area contributed by atoms with E-state index in [1.807, 2.05) is 42.5 Å². The third-order valence-electron chi connectivity index (χ3n) is 3.35.